The van der Waals surface area contributed by atoms with Gasteiger partial charge in [-0.3, -0.25) is 4.90 Å². The van der Waals surface area contributed by atoms with Crippen molar-refractivity contribution in [3.8, 4) is 0 Å². The molecular weight excluding hydrogens is 256 g/mol. The van der Waals surface area contributed by atoms with Gasteiger partial charge in [-0.05, 0) is 69.3 Å². The zero-order valence-corrected chi connectivity index (χ0v) is 13.6. The SMILES string of the molecule is CCC1CCCN(C2CCc3ccccc3C2NC)CC1. The Morgan fingerprint density at radius 1 is 1.14 bits per heavy atom. The van der Waals surface area contributed by atoms with Crippen LogP contribution in [0.3, 0.4) is 0 Å². The van der Waals surface area contributed by atoms with E-state index >= 15 is 0 Å². The maximum Gasteiger partial charge on any atom is 0.0478 e. The molecule has 3 rings (SSSR count). The number of likely N-dealkylation sites (tertiary alicyclic amines) is 1. The molecular formula is C19H30N2. The summed E-state index contributed by atoms with van der Waals surface area (Å²) in [5.74, 6) is 0.957. The molecule has 0 spiro atoms. The van der Waals surface area contributed by atoms with Crippen molar-refractivity contribution in [1.82, 2.24) is 10.2 Å². The molecule has 0 bridgehead atoms. The summed E-state index contributed by atoms with van der Waals surface area (Å²) in [5.41, 5.74) is 3.09. The van der Waals surface area contributed by atoms with Gasteiger partial charge in [0.15, 0.2) is 0 Å². The van der Waals surface area contributed by atoms with Crippen LogP contribution in [0.15, 0.2) is 24.3 Å². The van der Waals surface area contributed by atoms with Crippen molar-refractivity contribution >= 4 is 0 Å². The molecule has 2 aliphatic rings. The zero-order valence-electron chi connectivity index (χ0n) is 13.6. The molecule has 1 aliphatic carbocycles. The Morgan fingerprint density at radius 3 is 2.81 bits per heavy atom. The molecule has 2 heteroatoms. The van der Waals surface area contributed by atoms with Gasteiger partial charge in [0, 0.05) is 12.1 Å². The van der Waals surface area contributed by atoms with Crippen LogP contribution in [0.5, 0.6) is 0 Å². The Morgan fingerprint density at radius 2 is 2.00 bits per heavy atom. The average molecular weight is 286 g/mol. The van der Waals surface area contributed by atoms with Gasteiger partial charge in [0.1, 0.15) is 0 Å². The quantitative estimate of drug-likeness (QED) is 0.910. The predicted octanol–water partition coefficient (Wildman–Crippen LogP) is 3.77. The number of rotatable bonds is 3. The molecule has 116 valence electrons. The summed E-state index contributed by atoms with van der Waals surface area (Å²) in [6.07, 6.45) is 8.11. The lowest BCUT2D eigenvalue weighted by atomic mass is 9.83. The fraction of sp³-hybridized carbons (Fsp3) is 0.684. The summed E-state index contributed by atoms with van der Waals surface area (Å²) in [6, 6.07) is 10.2. The second-order valence-electron chi connectivity index (χ2n) is 6.81. The molecule has 3 unspecified atom stereocenters. The van der Waals surface area contributed by atoms with Crippen molar-refractivity contribution in [2.45, 2.75) is 57.5 Å². The molecule has 0 saturated carbocycles. The van der Waals surface area contributed by atoms with Crippen LogP contribution < -0.4 is 5.32 Å². The Bertz CT molecular complexity index is 457. The maximum atomic E-state index is 3.61. The molecule has 1 heterocycles. The maximum absolute atomic E-state index is 3.61. The lowest BCUT2D eigenvalue weighted by molar-refractivity contribution is 0.147. The number of nitrogens with one attached hydrogen (secondary N) is 1. The second-order valence-corrected chi connectivity index (χ2v) is 6.81. The van der Waals surface area contributed by atoms with Crippen molar-refractivity contribution in [3.05, 3.63) is 35.4 Å². The summed E-state index contributed by atoms with van der Waals surface area (Å²) in [6.45, 7) is 4.94. The van der Waals surface area contributed by atoms with Gasteiger partial charge in [0.05, 0.1) is 0 Å². The van der Waals surface area contributed by atoms with Gasteiger partial charge in [0.2, 0.25) is 0 Å². The van der Waals surface area contributed by atoms with Gasteiger partial charge in [0.25, 0.3) is 0 Å². The second kappa shape index (κ2) is 6.93. The average Bonchev–Trinajstić information content (AvgIpc) is 2.79. The third-order valence-corrected chi connectivity index (χ3v) is 5.72. The highest BCUT2D eigenvalue weighted by molar-refractivity contribution is 5.34. The zero-order chi connectivity index (χ0) is 14.7. The minimum absolute atomic E-state index is 0.508. The highest BCUT2D eigenvalue weighted by atomic mass is 15.2. The minimum atomic E-state index is 0.508. The third-order valence-electron chi connectivity index (χ3n) is 5.72. The van der Waals surface area contributed by atoms with E-state index in [2.05, 4.69) is 48.5 Å². The molecule has 1 N–H and O–H groups in total. The van der Waals surface area contributed by atoms with Crippen molar-refractivity contribution in [1.29, 1.82) is 0 Å². The van der Waals surface area contributed by atoms with E-state index in [0.29, 0.717) is 12.1 Å². The minimum Gasteiger partial charge on any atom is -0.312 e. The van der Waals surface area contributed by atoms with E-state index in [1.165, 1.54) is 57.2 Å². The summed E-state index contributed by atoms with van der Waals surface area (Å²) in [5, 5.41) is 3.61. The Labute approximate surface area is 129 Å². The first kappa shape index (κ1) is 15.1. The molecule has 1 aromatic rings. The molecule has 0 radical (unpaired) electrons. The molecule has 21 heavy (non-hydrogen) atoms. The molecule has 3 atom stereocenters. The van der Waals surface area contributed by atoms with Crippen molar-refractivity contribution in [2.24, 2.45) is 5.92 Å². The molecule has 0 amide bonds. The van der Waals surface area contributed by atoms with E-state index in [1.54, 1.807) is 5.56 Å². The number of nitrogens with zero attached hydrogens (tertiary/aromatic N) is 1. The topological polar surface area (TPSA) is 15.3 Å². The third kappa shape index (κ3) is 3.17. The monoisotopic (exact) mass is 286 g/mol. The molecule has 2 nitrogen and oxygen atoms in total. The van der Waals surface area contributed by atoms with Gasteiger partial charge in [-0.1, -0.05) is 37.6 Å². The van der Waals surface area contributed by atoms with Gasteiger partial charge in [-0.2, -0.15) is 0 Å². The first-order valence-electron chi connectivity index (χ1n) is 8.82. The van der Waals surface area contributed by atoms with Gasteiger partial charge in [-0.25, -0.2) is 0 Å². The first-order chi connectivity index (χ1) is 10.3. The Hall–Kier alpha value is -0.860. The highest BCUT2D eigenvalue weighted by Crippen LogP contribution is 2.34. The predicted molar refractivity (Wildman–Crippen MR) is 89.6 cm³/mol. The molecule has 0 aromatic heterocycles. The van der Waals surface area contributed by atoms with E-state index in [9.17, 15) is 0 Å². The van der Waals surface area contributed by atoms with Crippen LogP contribution in [0.4, 0.5) is 0 Å². The lowest BCUT2D eigenvalue weighted by Gasteiger charge is -2.40. The van der Waals surface area contributed by atoms with Gasteiger partial charge < -0.3 is 5.32 Å². The van der Waals surface area contributed by atoms with Crippen LogP contribution in [-0.4, -0.2) is 31.1 Å². The molecule has 1 fully saturated rings. The number of fused-ring (bicyclic) bond motifs is 1. The standard InChI is InChI=1S/C19H30N2/c1-3-15-7-6-13-21(14-12-15)18-11-10-16-8-4-5-9-17(16)19(18)20-2/h4-5,8-9,15,18-20H,3,6-7,10-14H2,1-2H3. The first-order valence-corrected chi connectivity index (χ1v) is 8.82. The van der Waals surface area contributed by atoms with Gasteiger partial charge in [-0.15, -0.1) is 0 Å². The van der Waals surface area contributed by atoms with Crippen molar-refractivity contribution in [2.75, 3.05) is 20.1 Å². The van der Waals surface area contributed by atoms with E-state index in [4.69, 9.17) is 0 Å². The molecule has 1 aromatic carbocycles. The Kier molecular flexibility index (Phi) is 4.97. The Balaban J connectivity index is 1.76. The van der Waals surface area contributed by atoms with Gasteiger partial charge >= 0.3 is 0 Å². The number of aryl methyl sites for hydroxylation is 1. The largest absolute Gasteiger partial charge is 0.312 e. The lowest BCUT2D eigenvalue weighted by Crippen LogP contribution is -2.46. The molecule has 1 saturated heterocycles. The number of likely N-dealkylation sites (N-methyl/N-ethyl adjacent to an activating group) is 1. The van der Waals surface area contributed by atoms with E-state index in [1.807, 2.05) is 0 Å². The fourth-order valence-electron chi connectivity index (χ4n) is 4.41. The van der Waals surface area contributed by atoms with Crippen molar-refractivity contribution < 1.29 is 0 Å². The van der Waals surface area contributed by atoms with E-state index < -0.39 is 0 Å². The van der Waals surface area contributed by atoms with Crippen LogP contribution in [0, 0.1) is 5.92 Å². The summed E-state index contributed by atoms with van der Waals surface area (Å²) in [4.78, 5) is 2.78. The number of hydrogen-bond acceptors (Lipinski definition) is 2. The van der Waals surface area contributed by atoms with Crippen LogP contribution >= 0.6 is 0 Å². The van der Waals surface area contributed by atoms with E-state index in [-0.39, 0.29) is 0 Å². The smallest absolute Gasteiger partial charge is 0.0478 e. The van der Waals surface area contributed by atoms with Crippen LogP contribution in [0.2, 0.25) is 0 Å². The summed E-state index contributed by atoms with van der Waals surface area (Å²) >= 11 is 0. The summed E-state index contributed by atoms with van der Waals surface area (Å²) in [7, 11) is 2.13. The van der Waals surface area contributed by atoms with E-state index in [0.717, 1.165) is 5.92 Å². The normalized spacial score (nSPS) is 30.7. The number of benzene rings is 1. The van der Waals surface area contributed by atoms with Crippen molar-refractivity contribution in [3.63, 3.8) is 0 Å². The van der Waals surface area contributed by atoms with Crippen LogP contribution in [0.25, 0.3) is 0 Å². The van der Waals surface area contributed by atoms with Crippen LogP contribution in [-0.2, 0) is 6.42 Å². The number of hydrogen-bond donors (Lipinski definition) is 1. The molecule has 1 aliphatic heterocycles. The fourth-order valence-corrected chi connectivity index (χ4v) is 4.41. The highest BCUT2D eigenvalue weighted by Gasteiger charge is 2.33. The summed E-state index contributed by atoms with van der Waals surface area (Å²) < 4.78 is 0. The van der Waals surface area contributed by atoms with Crippen LogP contribution in [0.1, 0.15) is 56.2 Å².